The Morgan fingerprint density at radius 1 is 1.53 bits per heavy atom. The first-order valence-electron chi connectivity index (χ1n) is 6.01. The average Bonchev–Trinajstić information content (AvgIpc) is 2.35. The molecule has 96 valence electrons. The van der Waals surface area contributed by atoms with Crippen molar-refractivity contribution in [2.75, 3.05) is 24.0 Å². The van der Waals surface area contributed by atoms with Crippen molar-refractivity contribution in [3.8, 4) is 0 Å². The summed E-state index contributed by atoms with van der Waals surface area (Å²) in [5.41, 5.74) is 9.17. The molecule has 0 spiro atoms. The second-order valence-electron chi connectivity index (χ2n) is 4.29. The zero-order chi connectivity index (χ0) is 12.8. The molecule has 0 radical (unpaired) electrons. The Morgan fingerprint density at radius 2 is 2.24 bits per heavy atom. The van der Waals surface area contributed by atoms with E-state index in [1.165, 1.54) is 5.69 Å². The fourth-order valence-electron chi connectivity index (χ4n) is 1.95. The zero-order valence-electron chi connectivity index (χ0n) is 11.2. The van der Waals surface area contributed by atoms with Gasteiger partial charge in [-0.2, -0.15) is 11.8 Å². The van der Waals surface area contributed by atoms with Gasteiger partial charge in [0.25, 0.3) is 0 Å². The van der Waals surface area contributed by atoms with Gasteiger partial charge in [-0.15, -0.1) is 0 Å². The Bertz CT molecular complexity index is 355. The predicted molar refractivity (Wildman–Crippen MR) is 77.7 cm³/mol. The first kappa shape index (κ1) is 14.3. The molecule has 0 saturated carbocycles. The number of hydrogen-bond acceptors (Lipinski definition) is 4. The highest BCUT2D eigenvalue weighted by Crippen LogP contribution is 2.23. The lowest BCUT2D eigenvalue weighted by molar-refractivity contribution is 0.669. The second kappa shape index (κ2) is 6.87. The van der Waals surface area contributed by atoms with Crippen LogP contribution in [0, 0.1) is 6.92 Å². The summed E-state index contributed by atoms with van der Waals surface area (Å²) in [6.07, 6.45) is 5.19. The van der Waals surface area contributed by atoms with Gasteiger partial charge >= 0.3 is 0 Å². The van der Waals surface area contributed by atoms with E-state index in [1.807, 2.05) is 24.9 Å². The fraction of sp³-hybridized carbons (Fsp3) is 0.615. The van der Waals surface area contributed by atoms with Gasteiger partial charge in [0.2, 0.25) is 0 Å². The number of pyridine rings is 1. The highest BCUT2D eigenvalue weighted by Gasteiger charge is 2.15. The zero-order valence-corrected chi connectivity index (χ0v) is 12.0. The van der Waals surface area contributed by atoms with E-state index in [1.54, 1.807) is 0 Å². The lowest BCUT2D eigenvalue weighted by Gasteiger charge is -2.30. The van der Waals surface area contributed by atoms with Crippen LogP contribution in [0.3, 0.4) is 0 Å². The largest absolute Gasteiger partial charge is 0.370 e. The predicted octanol–water partition coefficient (Wildman–Crippen LogP) is 2.43. The second-order valence-corrected chi connectivity index (χ2v) is 5.20. The van der Waals surface area contributed by atoms with Crippen molar-refractivity contribution in [3.63, 3.8) is 0 Å². The maximum Gasteiger partial charge on any atom is 0.0445 e. The third kappa shape index (κ3) is 3.61. The van der Waals surface area contributed by atoms with E-state index < -0.39 is 0 Å². The molecule has 0 amide bonds. The van der Waals surface area contributed by atoms with E-state index in [0.717, 1.165) is 23.4 Å². The molecule has 0 bridgehead atoms. The van der Waals surface area contributed by atoms with Gasteiger partial charge < -0.3 is 10.6 Å². The van der Waals surface area contributed by atoms with E-state index in [0.29, 0.717) is 12.6 Å². The van der Waals surface area contributed by atoms with Crippen LogP contribution in [0.15, 0.2) is 12.3 Å². The van der Waals surface area contributed by atoms with Crippen LogP contribution in [0.1, 0.15) is 24.6 Å². The Balaban J connectivity index is 2.99. The molecule has 1 unspecified atom stereocenters. The third-order valence-corrected chi connectivity index (χ3v) is 3.79. The number of rotatable bonds is 6. The summed E-state index contributed by atoms with van der Waals surface area (Å²) < 4.78 is 0. The fourth-order valence-corrected chi connectivity index (χ4v) is 2.80. The van der Waals surface area contributed by atoms with Gasteiger partial charge in [-0.1, -0.05) is 6.92 Å². The van der Waals surface area contributed by atoms with Gasteiger partial charge in [-0.05, 0) is 25.7 Å². The van der Waals surface area contributed by atoms with Crippen LogP contribution in [0.25, 0.3) is 0 Å². The molecule has 0 aliphatic heterocycles. The van der Waals surface area contributed by atoms with Crippen LogP contribution >= 0.6 is 11.8 Å². The number of thioether (sulfide) groups is 1. The minimum absolute atomic E-state index is 0.544. The Kier molecular flexibility index (Phi) is 5.78. The summed E-state index contributed by atoms with van der Waals surface area (Å²) in [4.78, 5) is 6.65. The molecule has 1 heterocycles. The SMILES string of the molecule is CCC(CSC)N(C)c1cc(C)ncc1CN. The van der Waals surface area contributed by atoms with Gasteiger partial charge in [-0.3, -0.25) is 4.98 Å². The first-order chi connectivity index (χ1) is 8.13. The van der Waals surface area contributed by atoms with Crippen LogP contribution in [0.4, 0.5) is 5.69 Å². The highest BCUT2D eigenvalue weighted by molar-refractivity contribution is 7.98. The molecule has 4 heteroatoms. The summed E-state index contributed by atoms with van der Waals surface area (Å²) in [6.45, 7) is 4.80. The number of nitrogens with zero attached hydrogens (tertiary/aromatic N) is 2. The molecule has 1 atom stereocenters. The molecule has 1 aromatic rings. The minimum Gasteiger partial charge on any atom is -0.370 e. The smallest absolute Gasteiger partial charge is 0.0445 e. The molecule has 0 aliphatic carbocycles. The summed E-state index contributed by atoms with van der Waals surface area (Å²) in [5, 5.41) is 0. The Morgan fingerprint density at radius 3 is 2.76 bits per heavy atom. The van der Waals surface area contributed by atoms with Crippen molar-refractivity contribution in [1.82, 2.24) is 4.98 Å². The molecule has 1 rings (SSSR count). The van der Waals surface area contributed by atoms with Crippen molar-refractivity contribution in [2.24, 2.45) is 5.73 Å². The van der Waals surface area contributed by atoms with Crippen LogP contribution in [-0.4, -0.2) is 30.1 Å². The van der Waals surface area contributed by atoms with Crippen LogP contribution in [0.2, 0.25) is 0 Å². The van der Waals surface area contributed by atoms with Gasteiger partial charge in [0.05, 0.1) is 0 Å². The van der Waals surface area contributed by atoms with Crippen molar-refractivity contribution >= 4 is 17.4 Å². The monoisotopic (exact) mass is 253 g/mol. The quantitative estimate of drug-likeness (QED) is 0.845. The van der Waals surface area contributed by atoms with E-state index in [4.69, 9.17) is 5.73 Å². The van der Waals surface area contributed by atoms with Gasteiger partial charge in [0.15, 0.2) is 0 Å². The average molecular weight is 253 g/mol. The van der Waals surface area contributed by atoms with Crippen molar-refractivity contribution < 1.29 is 0 Å². The number of aromatic nitrogens is 1. The number of anilines is 1. The van der Waals surface area contributed by atoms with Crippen molar-refractivity contribution in [3.05, 3.63) is 23.5 Å². The van der Waals surface area contributed by atoms with E-state index >= 15 is 0 Å². The van der Waals surface area contributed by atoms with Gasteiger partial charge in [-0.25, -0.2) is 0 Å². The maximum atomic E-state index is 5.78. The molecule has 1 aromatic heterocycles. The van der Waals surface area contributed by atoms with Crippen LogP contribution in [-0.2, 0) is 6.54 Å². The molecule has 0 saturated heterocycles. The number of nitrogens with two attached hydrogens (primary N) is 1. The van der Waals surface area contributed by atoms with E-state index in [-0.39, 0.29) is 0 Å². The molecular formula is C13H23N3S. The first-order valence-corrected chi connectivity index (χ1v) is 7.40. The minimum atomic E-state index is 0.544. The molecule has 3 nitrogen and oxygen atoms in total. The topological polar surface area (TPSA) is 42.2 Å². The standard InChI is InChI=1S/C13H23N3S/c1-5-12(9-17-4)16(3)13-6-10(2)15-8-11(13)7-14/h6,8,12H,5,7,9,14H2,1-4H3. The Labute approximate surface area is 109 Å². The molecule has 0 aliphatic rings. The van der Waals surface area contributed by atoms with Crippen LogP contribution in [0.5, 0.6) is 0 Å². The van der Waals surface area contributed by atoms with Crippen molar-refractivity contribution in [2.45, 2.75) is 32.9 Å². The summed E-state index contributed by atoms with van der Waals surface area (Å²) >= 11 is 1.89. The summed E-state index contributed by atoms with van der Waals surface area (Å²) in [6, 6.07) is 2.68. The van der Waals surface area contributed by atoms with Gasteiger partial charge in [0, 0.05) is 48.5 Å². The molecule has 0 aromatic carbocycles. The van der Waals surface area contributed by atoms with E-state index in [2.05, 4.69) is 36.2 Å². The molecular weight excluding hydrogens is 230 g/mol. The van der Waals surface area contributed by atoms with Gasteiger partial charge in [0.1, 0.15) is 0 Å². The Hall–Kier alpha value is -0.740. The lowest BCUT2D eigenvalue weighted by Crippen LogP contribution is -2.34. The summed E-state index contributed by atoms with van der Waals surface area (Å²) in [5.74, 6) is 1.14. The van der Waals surface area contributed by atoms with E-state index in [9.17, 15) is 0 Å². The molecule has 0 fully saturated rings. The number of hydrogen-bond donors (Lipinski definition) is 1. The molecule has 2 N–H and O–H groups in total. The lowest BCUT2D eigenvalue weighted by atomic mass is 10.1. The normalized spacial score (nSPS) is 12.5. The summed E-state index contributed by atoms with van der Waals surface area (Å²) in [7, 11) is 2.15. The van der Waals surface area contributed by atoms with Crippen molar-refractivity contribution in [1.29, 1.82) is 0 Å². The highest BCUT2D eigenvalue weighted by atomic mass is 32.2. The third-order valence-electron chi connectivity index (χ3n) is 3.08. The molecule has 17 heavy (non-hydrogen) atoms. The van der Waals surface area contributed by atoms with Crippen LogP contribution < -0.4 is 10.6 Å². The number of aryl methyl sites for hydroxylation is 1. The maximum absolute atomic E-state index is 5.78.